The van der Waals surface area contributed by atoms with Crippen LogP contribution in [0.25, 0.3) is 0 Å². The van der Waals surface area contributed by atoms with E-state index in [1.54, 1.807) is 18.2 Å². The van der Waals surface area contributed by atoms with Crippen LogP contribution in [-0.2, 0) is 14.9 Å². The number of aromatic nitrogens is 1. The highest BCUT2D eigenvalue weighted by molar-refractivity contribution is 8.11. The van der Waals surface area contributed by atoms with E-state index in [9.17, 15) is 9.13 Å². The van der Waals surface area contributed by atoms with Gasteiger partial charge in [-0.25, -0.2) is 0 Å². The number of rotatable bonds is 5. The number of nitrogens with zero attached hydrogens (tertiary/aromatic N) is 1. The third kappa shape index (κ3) is 4.89. The summed E-state index contributed by atoms with van der Waals surface area (Å²) in [5.74, 6) is 0.0156. The Morgan fingerprint density at radius 3 is 2.18 bits per heavy atom. The summed E-state index contributed by atoms with van der Waals surface area (Å²) in [5.41, 5.74) is 0.490. The van der Waals surface area contributed by atoms with Crippen LogP contribution >= 0.6 is 27.0 Å². The molecule has 0 aromatic carbocycles. The van der Waals surface area contributed by atoms with Gasteiger partial charge < -0.3 is 19.6 Å². The van der Waals surface area contributed by atoms with Crippen molar-refractivity contribution >= 4 is 27.0 Å². The predicted octanol–water partition coefficient (Wildman–Crippen LogP) is 0.954. The van der Waals surface area contributed by atoms with Crippen LogP contribution in [0.5, 0.6) is 0 Å². The summed E-state index contributed by atoms with van der Waals surface area (Å²) in [6.07, 6.45) is 1.49. The van der Waals surface area contributed by atoms with Crippen molar-refractivity contribution in [3.63, 3.8) is 0 Å². The summed E-state index contributed by atoms with van der Waals surface area (Å²) in [6.45, 7) is 0. The molecule has 1 heterocycles. The largest absolute Gasteiger partial charge is 0.350 e. The van der Waals surface area contributed by atoms with Crippen LogP contribution in [0.4, 0.5) is 0 Å². The molecular weight excluding hydrogens is 288 g/mol. The van der Waals surface area contributed by atoms with E-state index >= 15 is 0 Å². The summed E-state index contributed by atoms with van der Waals surface area (Å²) in [6, 6.07) is 4.94. The Morgan fingerprint density at radius 1 is 1.18 bits per heavy atom. The highest BCUT2D eigenvalue weighted by Crippen LogP contribution is 2.64. The number of pyridine rings is 1. The summed E-state index contributed by atoms with van der Waals surface area (Å²) in [7, 11) is -9.72. The van der Waals surface area contributed by atoms with Crippen LogP contribution < -0.4 is 0 Å². The molecular formula is C7H11NO6P2S. The van der Waals surface area contributed by atoms with Crippen molar-refractivity contribution in [2.24, 2.45) is 0 Å². The quantitative estimate of drug-likeness (QED) is 0.592. The Hall–Kier alpha value is -0.200. The summed E-state index contributed by atoms with van der Waals surface area (Å²) in [5, 5.41) is 0. The van der Waals surface area contributed by atoms with Gasteiger partial charge in [-0.3, -0.25) is 14.1 Å². The molecule has 1 aromatic rings. The van der Waals surface area contributed by atoms with Crippen molar-refractivity contribution in [3.8, 4) is 0 Å². The molecule has 0 aliphatic heterocycles. The van der Waals surface area contributed by atoms with E-state index in [4.69, 9.17) is 19.6 Å². The number of hydrogen-bond donors (Lipinski definition) is 4. The molecule has 4 N–H and O–H groups in total. The van der Waals surface area contributed by atoms with Gasteiger partial charge in [-0.1, -0.05) is 6.07 Å². The van der Waals surface area contributed by atoms with E-state index in [2.05, 4.69) is 4.98 Å². The van der Waals surface area contributed by atoms with Crippen LogP contribution in [0.15, 0.2) is 24.4 Å². The standard InChI is InChI=1S/C7H11NO6P2S/c9-15(10,11)7(16(12,13)14)17-5-6-3-1-2-4-8-6/h1-4,7H,5H2,(H2,9,10,11)(H2,12,13,14). The highest BCUT2D eigenvalue weighted by atomic mass is 32.2. The van der Waals surface area contributed by atoms with E-state index in [0.29, 0.717) is 17.5 Å². The Morgan fingerprint density at radius 2 is 1.76 bits per heavy atom. The molecule has 1 aromatic heterocycles. The maximum atomic E-state index is 11.0. The smallest absolute Gasteiger partial charge is 0.323 e. The van der Waals surface area contributed by atoms with Crippen LogP contribution in [0.1, 0.15) is 5.69 Å². The minimum Gasteiger partial charge on any atom is -0.323 e. The van der Waals surface area contributed by atoms with Crippen molar-refractivity contribution < 1.29 is 28.7 Å². The molecule has 0 bridgehead atoms. The molecule has 0 amide bonds. The number of hydrogen-bond acceptors (Lipinski definition) is 4. The van der Waals surface area contributed by atoms with Crippen LogP contribution in [0.3, 0.4) is 0 Å². The maximum Gasteiger partial charge on any atom is 0.350 e. The molecule has 10 heteroatoms. The molecule has 0 radical (unpaired) electrons. The lowest BCUT2D eigenvalue weighted by Gasteiger charge is -2.18. The van der Waals surface area contributed by atoms with Crippen molar-refractivity contribution in [1.29, 1.82) is 0 Å². The highest BCUT2D eigenvalue weighted by Gasteiger charge is 2.43. The molecule has 0 saturated carbocycles. The van der Waals surface area contributed by atoms with Crippen molar-refractivity contribution in [2.75, 3.05) is 0 Å². The topological polar surface area (TPSA) is 128 Å². The molecule has 0 aliphatic carbocycles. The van der Waals surface area contributed by atoms with Gasteiger partial charge in [-0.2, -0.15) is 0 Å². The van der Waals surface area contributed by atoms with E-state index in [1.165, 1.54) is 6.20 Å². The Kier molecular flexibility index (Phi) is 4.92. The van der Waals surface area contributed by atoms with Gasteiger partial charge in [0.2, 0.25) is 4.73 Å². The number of thioether (sulfide) groups is 1. The SMILES string of the molecule is O=P(O)(O)C(SCc1ccccn1)P(=O)(O)O. The molecule has 17 heavy (non-hydrogen) atoms. The summed E-state index contributed by atoms with van der Waals surface area (Å²) in [4.78, 5) is 39.4. The third-order valence-electron chi connectivity index (χ3n) is 1.68. The van der Waals surface area contributed by atoms with Gasteiger partial charge in [-0.15, -0.1) is 11.8 Å². The Balaban J connectivity index is 2.77. The second-order valence-electron chi connectivity index (χ2n) is 3.14. The third-order valence-corrected chi connectivity index (χ3v) is 7.94. The van der Waals surface area contributed by atoms with Crippen LogP contribution in [0.2, 0.25) is 0 Å². The lowest BCUT2D eigenvalue weighted by Crippen LogP contribution is -2.05. The average molecular weight is 299 g/mol. The average Bonchev–Trinajstić information content (AvgIpc) is 2.15. The normalized spacial score (nSPS) is 13.0. The molecule has 0 unspecified atom stereocenters. The lowest BCUT2D eigenvalue weighted by atomic mass is 10.4. The van der Waals surface area contributed by atoms with E-state index in [-0.39, 0.29) is 5.75 Å². The fourth-order valence-corrected chi connectivity index (χ4v) is 5.09. The molecule has 0 atom stereocenters. The zero-order chi connectivity index (χ0) is 13.1. The van der Waals surface area contributed by atoms with Crippen molar-refractivity contribution in [2.45, 2.75) is 10.5 Å². The monoisotopic (exact) mass is 299 g/mol. The molecule has 0 saturated heterocycles. The van der Waals surface area contributed by atoms with Gasteiger partial charge in [0.05, 0.1) is 5.69 Å². The first-order chi connectivity index (χ1) is 7.71. The second kappa shape index (κ2) is 5.63. The van der Waals surface area contributed by atoms with Crippen molar-refractivity contribution in [3.05, 3.63) is 30.1 Å². The van der Waals surface area contributed by atoms with E-state index in [0.717, 1.165) is 0 Å². The van der Waals surface area contributed by atoms with Crippen LogP contribution in [-0.4, -0.2) is 29.3 Å². The molecule has 0 fully saturated rings. The first-order valence-corrected chi connectivity index (χ1v) is 8.74. The molecule has 96 valence electrons. The molecule has 1 rings (SSSR count). The molecule has 0 spiro atoms. The maximum absolute atomic E-state index is 11.0. The van der Waals surface area contributed by atoms with Gasteiger partial charge in [0.1, 0.15) is 0 Å². The Labute approximate surface area is 102 Å². The van der Waals surface area contributed by atoms with Gasteiger partial charge >= 0.3 is 15.2 Å². The van der Waals surface area contributed by atoms with Gasteiger partial charge in [0.25, 0.3) is 0 Å². The summed E-state index contributed by atoms with van der Waals surface area (Å²) < 4.78 is 19.9. The minimum atomic E-state index is -4.86. The Bertz CT molecular complexity index is 435. The molecule has 0 aliphatic rings. The first kappa shape index (κ1) is 14.9. The van der Waals surface area contributed by atoms with E-state index < -0.39 is 19.9 Å². The lowest BCUT2D eigenvalue weighted by molar-refractivity contribution is 0.352. The second-order valence-corrected chi connectivity index (χ2v) is 8.73. The summed E-state index contributed by atoms with van der Waals surface area (Å²) >= 11 is 0.500. The van der Waals surface area contributed by atoms with Crippen LogP contribution in [0, 0.1) is 0 Å². The fourth-order valence-electron chi connectivity index (χ4n) is 1.03. The zero-order valence-corrected chi connectivity index (χ0v) is 11.1. The first-order valence-electron chi connectivity index (χ1n) is 4.33. The minimum absolute atomic E-state index is 0.0156. The molecule has 7 nitrogen and oxygen atoms in total. The predicted molar refractivity (Wildman–Crippen MR) is 63.4 cm³/mol. The zero-order valence-electron chi connectivity index (χ0n) is 8.45. The van der Waals surface area contributed by atoms with Gasteiger partial charge in [0.15, 0.2) is 0 Å². The van der Waals surface area contributed by atoms with Crippen molar-refractivity contribution in [1.82, 2.24) is 4.98 Å². The van der Waals surface area contributed by atoms with Gasteiger partial charge in [0, 0.05) is 11.9 Å². The van der Waals surface area contributed by atoms with E-state index in [1.807, 2.05) is 0 Å². The van der Waals surface area contributed by atoms with Gasteiger partial charge in [-0.05, 0) is 12.1 Å². The fraction of sp³-hybridized carbons (Fsp3) is 0.286.